The number of aliphatic hydroxyl groups excluding tert-OH is 2. The van der Waals surface area contributed by atoms with E-state index in [9.17, 15) is 4.91 Å². The summed E-state index contributed by atoms with van der Waals surface area (Å²) in [4.78, 5) is 12.1. The Labute approximate surface area is 98.2 Å². The molecule has 0 aliphatic carbocycles. The first-order valence-corrected chi connectivity index (χ1v) is 5.20. The van der Waals surface area contributed by atoms with E-state index in [0.717, 1.165) is 5.69 Å². The third kappa shape index (κ3) is 3.16. The number of hydrogen-bond acceptors (Lipinski definition) is 5. The number of aliphatic hydroxyl groups is 2. The van der Waals surface area contributed by atoms with Crippen LogP contribution in [0.2, 0.25) is 5.02 Å². The fourth-order valence-electron chi connectivity index (χ4n) is 1.38. The summed E-state index contributed by atoms with van der Waals surface area (Å²) in [5.41, 5.74) is 0.916. The summed E-state index contributed by atoms with van der Waals surface area (Å²) in [6.45, 7) is 0.742. The maximum atomic E-state index is 10.3. The maximum absolute atomic E-state index is 10.3. The molecule has 0 unspecified atom stereocenters. The Balaban J connectivity index is 2.91. The summed E-state index contributed by atoms with van der Waals surface area (Å²) in [5, 5.41) is 20.8. The number of nitrogens with zero attached hydrogens (tertiary/aromatic N) is 2. The van der Waals surface area contributed by atoms with Gasteiger partial charge in [-0.15, -0.1) is 4.91 Å². The first kappa shape index (κ1) is 12.9. The molecule has 2 N–H and O–H groups in total. The van der Waals surface area contributed by atoms with Crippen molar-refractivity contribution in [2.75, 3.05) is 31.2 Å². The Morgan fingerprint density at radius 1 is 1.25 bits per heavy atom. The van der Waals surface area contributed by atoms with Crippen LogP contribution in [0.1, 0.15) is 0 Å². The lowest BCUT2D eigenvalue weighted by Gasteiger charge is -2.23. The Bertz CT molecular complexity index is 354. The van der Waals surface area contributed by atoms with Crippen LogP contribution in [0, 0.1) is 4.91 Å². The normalized spacial score (nSPS) is 10.2. The summed E-state index contributed by atoms with van der Waals surface area (Å²) >= 11 is 5.83. The van der Waals surface area contributed by atoms with Crippen molar-refractivity contribution in [1.82, 2.24) is 0 Å². The highest BCUT2D eigenvalue weighted by Crippen LogP contribution is 2.29. The maximum Gasteiger partial charge on any atom is 0.126 e. The lowest BCUT2D eigenvalue weighted by atomic mass is 10.2. The van der Waals surface area contributed by atoms with Crippen molar-refractivity contribution in [2.24, 2.45) is 5.18 Å². The molecule has 0 atom stereocenters. The van der Waals surface area contributed by atoms with Crippen molar-refractivity contribution in [1.29, 1.82) is 0 Å². The molecule has 0 fully saturated rings. The predicted molar refractivity (Wildman–Crippen MR) is 63.3 cm³/mol. The molecule has 6 heteroatoms. The predicted octanol–water partition coefficient (Wildman–Crippen LogP) is 1.53. The summed E-state index contributed by atoms with van der Waals surface area (Å²) < 4.78 is 0. The molecule has 5 nitrogen and oxygen atoms in total. The lowest BCUT2D eigenvalue weighted by Crippen LogP contribution is -2.29. The molecule has 88 valence electrons. The van der Waals surface area contributed by atoms with Gasteiger partial charge in [-0.3, -0.25) is 0 Å². The van der Waals surface area contributed by atoms with Crippen LogP contribution in [0.15, 0.2) is 23.4 Å². The smallest absolute Gasteiger partial charge is 0.126 e. The Morgan fingerprint density at radius 3 is 2.31 bits per heavy atom. The first-order chi connectivity index (χ1) is 7.72. The number of nitroso groups, excluding NO2 is 1. The van der Waals surface area contributed by atoms with Crippen molar-refractivity contribution < 1.29 is 10.2 Å². The summed E-state index contributed by atoms with van der Waals surface area (Å²) in [6, 6.07) is 4.77. The van der Waals surface area contributed by atoms with E-state index in [1.54, 1.807) is 17.0 Å². The van der Waals surface area contributed by atoms with Gasteiger partial charge in [0.2, 0.25) is 0 Å². The van der Waals surface area contributed by atoms with Gasteiger partial charge in [0.15, 0.2) is 0 Å². The molecular weight excluding hydrogens is 232 g/mol. The molecule has 1 aromatic rings. The van der Waals surface area contributed by atoms with E-state index in [4.69, 9.17) is 21.8 Å². The van der Waals surface area contributed by atoms with Crippen molar-refractivity contribution >= 4 is 23.0 Å². The number of rotatable bonds is 6. The molecule has 0 spiro atoms. The molecule has 0 heterocycles. The Hall–Kier alpha value is -1.17. The van der Waals surface area contributed by atoms with Crippen LogP contribution in [0.3, 0.4) is 0 Å². The van der Waals surface area contributed by atoms with Gasteiger partial charge in [-0.1, -0.05) is 11.6 Å². The van der Waals surface area contributed by atoms with Crippen molar-refractivity contribution in [3.8, 4) is 0 Å². The molecule has 0 radical (unpaired) electrons. The summed E-state index contributed by atoms with van der Waals surface area (Å²) in [5.74, 6) is 0. The van der Waals surface area contributed by atoms with E-state index >= 15 is 0 Å². The second-order valence-corrected chi connectivity index (χ2v) is 3.57. The second-order valence-electron chi connectivity index (χ2n) is 3.16. The second kappa shape index (κ2) is 6.42. The molecule has 0 amide bonds. The van der Waals surface area contributed by atoms with Gasteiger partial charge in [0.1, 0.15) is 5.69 Å². The van der Waals surface area contributed by atoms with Gasteiger partial charge in [0.25, 0.3) is 0 Å². The van der Waals surface area contributed by atoms with Gasteiger partial charge < -0.3 is 15.1 Å². The highest BCUT2D eigenvalue weighted by molar-refractivity contribution is 6.33. The van der Waals surface area contributed by atoms with Gasteiger partial charge in [-0.2, -0.15) is 0 Å². The van der Waals surface area contributed by atoms with Crippen molar-refractivity contribution in [3.63, 3.8) is 0 Å². The molecule has 0 saturated carbocycles. The zero-order valence-corrected chi connectivity index (χ0v) is 9.39. The third-order valence-electron chi connectivity index (χ3n) is 2.13. The highest BCUT2D eigenvalue weighted by Gasteiger charge is 2.08. The van der Waals surface area contributed by atoms with E-state index < -0.39 is 0 Å². The summed E-state index contributed by atoms with van der Waals surface area (Å²) in [7, 11) is 0. The topological polar surface area (TPSA) is 73.1 Å². The minimum absolute atomic E-state index is 0.0225. The average Bonchev–Trinajstić information content (AvgIpc) is 2.28. The third-order valence-corrected chi connectivity index (χ3v) is 2.44. The molecule has 0 bridgehead atoms. The molecular formula is C10H13ClN2O3. The molecule has 1 aromatic carbocycles. The SMILES string of the molecule is O=Nc1ccc(N(CCO)CCO)cc1Cl. The van der Waals surface area contributed by atoms with Gasteiger partial charge in [-0.25, -0.2) is 0 Å². The van der Waals surface area contributed by atoms with Gasteiger partial charge in [0, 0.05) is 18.8 Å². The molecule has 0 saturated heterocycles. The first-order valence-electron chi connectivity index (χ1n) is 4.82. The van der Waals surface area contributed by atoms with Crippen LogP contribution < -0.4 is 4.90 Å². The standard InChI is InChI=1S/C10H13ClN2O3/c11-9-7-8(1-2-10(9)12-16)13(3-5-14)4-6-15/h1-2,7,14-15H,3-6H2. The van der Waals surface area contributed by atoms with Crippen LogP contribution in [0.25, 0.3) is 0 Å². The lowest BCUT2D eigenvalue weighted by molar-refractivity contribution is 0.281. The van der Waals surface area contributed by atoms with E-state index in [2.05, 4.69) is 5.18 Å². The van der Waals surface area contributed by atoms with Gasteiger partial charge >= 0.3 is 0 Å². The van der Waals surface area contributed by atoms with Crippen LogP contribution in [0.5, 0.6) is 0 Å². The van der Waals surface area contributed by atoms with E-state index in [1.807, 2.05) is 0 Å². The van der Waals surface area contributed by atoms with E-state index in [1.165, 1.54) is 6.07 Å². The van der Waals surface area contributed by atoms with Crippen LogP contribution in [-0.2, 0) is 0 Å². The minimum atomic E-state index is -0.0225. The number of halogens is 1. The molecule has 0 aromatic heterocycles. The molecule has 1 rings (SSSR count). The van der Waals surface area contributed by atoms with Crippen molar-refractivity contribution in [2.45, 2.75) is 0 Å². The zero-order valence-electron chi connectivity index (χ0n) is 8.64. The highest BCUT2D eigenvalue weighted by atomic mass is 35.5. The fourth-order valence-corrected chi connectivity index (χ4v) is 1.59. The van der Waals surface area contributed by atoms with Gasteiger partial charge in [0.05, 0.1) is 18.2 Å². The molecule has 0 aliphatic rings. The quantitative estimate of drug-likeness (QED) is 0.745. The van der Waals surface area contributed by atoms with E-state index in [-0.39, 0.29) is 23.9 Å². The van der Waals surface area contributed by atoms with Crippen LogP contribution >= 0.6 is 11.6 Å². The number of hydrogen-bond donors (Lipinski definition) is 2. The molecule has 16 heavy (non-hydrogen) atoms. The zero-order chi connectivity index (χ0) is 12.0. The average molecular weight is 245 g/mol. The Morgan fingerprint density at radius 2 is 1.88 bits per heavy atom. The van der Waals surface area contributed by atoms with E-state index in [0.29, 0.717) is 13.1 Å². The summed E-state index contributed by atoms with van der Waals surface area (Å²) in [6.07, 6.45) is 0. The van der Waals surface area contributed by atoms with Crippen molar-refractivity contribution in [3.05, 3.63) is 28.1 Å². The Kier molecular flexibility index (Phi) is 5.18. The molecule has 0 aliphatic heterocycles. The van der Waals surface area contributed by atoms with Crippen LogP contribution in [-0.4, -0.2) is 36.5 Å². The largest absolute Gasteiger partial charge is 0.395 e. The minimum Gasteiger partial charge on any atom is -0.395 e. The van der Waals surface area contributed by atoms with Gasteiger partial charge in [-0.05, 0) is 23.4 Å². The monoisotopic (exact) mass is 244 g/mol. The number of anilines is 1. The van der Waals surface area contributed by atoms with Crippen LogP contribution in [0.4, 0.5) is 11.4 Å². The number of benzene rings is 1. The fraction of sp³-hybridized carbons (Fsp3) is 0.400.